The van der Waals surface area contributed by atoms with Crippen LogP contribution in [0.25, 0.3) is 0 Å². The van der Waals surface area contributed by atoms with E-state index in [2.05, 4.69) is 30.9 Å². The summed E-state index contributed by atoms with van der Waals surface area (Å²) in [4.78, 5) is 16.6. The average Bonchev–Trinajstić information content (AvgIpc) is 2.37. The predicted octanol–water partition coefficient (Wildman–Crippen LogP) is 1.30. The zero-order valence-electron chi connectivity index (χ0n) is 12.0. The standard InChI is InChI=1S/C15H23N3O/c1-11-4-5-14(12(2)10-11)18-9-8-17(7-6-16)13(3)15(18)19/h4-5,10,13H,6-9,16H2,1-3H3. The molecular weight excluding hydrogens is 238 g/mol. The van der Waals surface area contributed by atoms with Crippen LogP contribution >= 0.6 is 0 Å². The Morgan fingerprint density at radius 2 is 2.05 bits per heavy atom. The van der Waals surface area contributed by atoms with Crippen molar-refractivity contribution in [2.75, 3.05) is 31.1 Å². The van der Waals surface area contributed by atoms with Gasteiger partial charge >= 0.3 is 0 Å². The van der Waals surface area contributed by atoms with Gasteiger partial charge in [-0.25, -0.2) is 0 Å². The molecule has 1 atom stereocenters. The van der Waals surface area contributed by atoms with Crippen LogP contribution in [0, 0.1) is 13.8 Å². The summed E-state index contributed by atoms with van der Waals surface area (Å²) in [6, 6.07) is 6.15. The molecule has 1 aromatic carbocycles. The molecular formula is C15H23N3O. The Hall–Kier alpha value is -1.39. The Labute approximate surface area is 115 Å². The molecule has 2 N–H and O–H groups in total. The highest BCUT2D eigenvalue weighted by molar-refractivity contribution is 5.98. The van der Waals surface area contributed by atoms with E-state index in [4.69, 9.17) is 5.73 Å². The fraction of sp³-hybridized carbons (Fsp3) is 0.533. The number of benzene rings is 1. The maximum Gasteiger partial charge on any atom is 0.244 e. The van der Waals surface area contributed by atoms with Crippen molar-refractivity contribution < 1.29 is 4.79 Å². The molecule has 1 amide bonds. The first-order chi connectivity index (χ1) is 9.04. The number of anilines is 1. The molecule has 1 aliphatic heterocycles. The fourth-order valence-corrected chi connectivity index (χ4v) is 2.73. The summed E-state index contributed by atoms with van der Waals surface area (Å²) >= 11 is 0. The van der Waals surface area contributed by atoms with Gasteiger partial charge < -0.3 is 10.6 Å². The van der Waals surface area contributed by atoms with Crippen molar-refractivity contribution in [3.05, 3.63) is 29.3 Å². The Bertz CT molecular complexity index is 472. The monoisotopic (exact) mass is 261 g/mol. The molecule has 2 rings (SSSR count). The smallest absolute Gasteiger partial charge is 0.244 e. The Morgan fingerprint density at radius 1 is 1.32 bits per heavy atom. The molecule has 1 unspecified atom stereocenters. The van der Waals surface area contributed by atoms with E-state index in [-0.39, 0.29) is 11.9 Å². The molecule has 0 radical (unpaired) electrons. The topological polar surface area (TPSA) is 49.6 Å². The number of piperazine rings is 1. The van der Waals surface area contributed by atoms with Crippen molar-refractivity contribution in [3.63, 3.8) is 0 Å². The SMILES string of the molecule is Cc1ccc(N2CCN(CCN)C(C)C2=O)c(C)c1. The molecule has 1 heterocycles. The minimum Gasteiger partial charge on any atom is -0.329 e. The molecule has 0 spiro atoms. The third kappa shape index (κ3) is 2.80. The van der Waals surface area contributed by atoms with Gasteiger partial charge in [0.1, 0.15) is 0 Å². The summed E-state index contributed by atoms with van der Waals surface area (Å²) < 4.78 is 0. The number of carbonyl (C=O) groups is 1. The van der Waals surface area contributed by atoms with Crippen LogP contribution in [0.4, 0.5) is 5.69 Å². The molecule has 0 aliphatic carbocycles. The van der Waals surface area contributed by atoms with E-state index >= 15 is 0 Å². The normalized spacial score (nSPS) is 20.9. The highest BCUT2D eigenvalue weighted by Gasteiger charge is 2.32. The van der Waals surface area contributed by atoms with Crippen molar-refractivity contribution in [1.82, 2.24) is 4.90 Å². The van der Waals surface area contributed by atoms with E-state index in [1.165, 1.54) is 5.56 Å². The maximum absolute atomic E-state index is 12.5. The van der Waals surface area contributed by atoms with Crippen molar-refractivity contribution in [2.45, 2.75) is 26.8 Å². The van der Waals surface area contributed by atoms with Gasteiger partial charge in [-0.3, -0.25) is 9.69 Å². The largest absolute Gasteiger partial charge is 0.329 e. The summed E-state index contributed by atoms with van der Waals surface area (Å²) in [5, 5.41) is 0. The average molecular weight is 261 g/mol. The van der Waals surface area contributed by atoms with Crippen LogP contribution in [0.15, 0.2) is 18.2 Å². The van der Waals surface area contributed by atoms with Gasteiger partial charge in [0.2, 0.25) is 5.91 Å². The lowest BCUT2D eigenvalue weighted by atomic mass is 10.1. The van der Waals surface area contributed by atoms with Gasteiger partial charge in [0.25, 0.3) is 0 Å². The number of amides is 1. The van der Waals surface area contributed by atoms with Gasteiger partial charge in [-0.2, -0.15) is 0 Å². The van der Waals surface area contributed by atoms with Crippen LogP contribution in [0.1, 0.15) is 18.1 Å². The van der Waals surface area contributed by atoms with Crippen LogP contribution in [0.2, 0.25) is 0 Å². The lowest BCUT2D eigenvalue weighted by Gasteiger charge is -2.39. The summed E-state index contributed by atoms with van der Waals surface area (Å²) in [6.07, 6.45) is 0. The van der Waals surface area contributed by atoms with Crippen LogP contribution in [-0.4, -0.2) is 43.0 Å². The first-order valence-electron chi connectivity index (χ1n) is 6.87. The fourth-order valence-electron chi connectivity index (χ4n) is 2.73. The van der Waals surface area contributed by atoms with Gasteiger partial charge in [0.05, 0.1) is 6.04 Å². The quantitative estimate of drug-likeness (QED) is 0.892. The molecule has 0 bridgehead atoms. The predicted molar refractivity (Wildman–Crippen MR) is 78.4 cm³/mol. The second-order valence-electron chi connectivity index (χ2n) is 5.28. The van der Waals surface area contributed by atoms with E-state index in [9.17, 15) is 4.79 Å². The third-order valence-corrected chi connectivity index (χ3v) is 3.84. The molecule has 1 aliphatic rings. The zero-order chi connectivity index (χ0) is 14.0. The summed E-state index contributed by atoms with van der Waals surface area (Å²) in [5.41, 5.74) is 9.01. The molecule has 4 heteroatoms. The number of rotatable bonds is 3. The second-order valence-corrected chi connectivity index (χ2v) is 5.28. The number of hydrogen-bond donors (Lipinski definition) is 1. The van der Waals surface area contributed by atoms with E-state index in [1.54, 1.807) is 0 Å². The highest BCUT2D eigenvalue weighted by atomic mass is 16.2. The van der Waals surface area contributed by atoms with Gasteiger partial charge in [0, 0.05) is 31.9 Å². The molecule has 1 fully saturated rings. The first-order valence-corrected chi connectivity index (χ1v) is 6.87. The number of aryl methyl sites for hydroxylation is 2. The molecule has 104 valence electrons. The Balaban J connectivity index is 2.21. The van der Waals surface area contributed by atoms with Crippen LogP contribution in [0.3, 0.4) is 0 Å². The number of hydrogen-bond acceptors (Lipinski definition) is 3. The van der Waals surface area contributed by atoms with Gasteiger partial charge in [-0.05, 0) is 32.4 Å². The minimum absolute atomic E-state index is 0.0852. The lowest BCUT2D eigenvalue weighted by Crippen LogP contribution is -2.57. The van der Waals surface area contributed by atoms with Crippen molar-refractivity contribution in [3.8, 4) is 0 Å². The lowest BCUT2D eigenvalue weighted by molar-refractivity contribution is -0.125. The maximum atomic E-state index is 12.5. The van der Waals surface area contributed by atoms with E-state index in [0.717, 1.165) is 30.9 Å². The summed E-state index contributed by atoms with van der Waals surface area (Å²) in [7, 11) is 0. The third-order valence-electron chi connectivity index (χ3n) is 3.84. The van der Waals surface area contributed by atoms with E-state index in [0.29, 0.717) is 6.54 Å². The highest BCUT2D eigenvalue weighted by Crippen LogP contribution is 2.24. The van der Waals surface area contributed by atoms with E-state index < -0.39 is 0 Å². The van der Waals surface area contributed by atoms with Crippen LogP contribution in [-0.2, 0) is 4.79 Å². The van der Waals surface area contributed by atoms with Gasteiger partial charge in [-0.1, -0.05) is 17.7 Å². The van der Waals surface area contributed by atoms with Gasteiger partial charge in [-0.15, -0.1) is 0 Å². The molecule has 19 heavy (non-hydrogen) atoms. The molecule has 1 saturated heterocycles. The Kier molecular flexibility index (Phi) is 4.22. The van der Waals surface area contributed by atoms with Crippen LogP contribution in [0.5, 0.6) is 0 Å². The Morgan fingerprint density at radius 3 is 2.68 bits per heavy atom. The first kappa shape index (κ1) is 14.0. The van der Waals surface area contributed by atoms with Crippen molar-refractivity contribution in [1.29, 1.82) is 0 Å². The van der Waals surface area contributed by atoms with Crippen molar-refractivity contribution in [2.24, 2.45) is 5.73 Å². The second kappa shape index (κ2) is 5.72. The number of nitrogens with two attached hydrogens (primary N) is 1. The van der Waals surface area contributed by atoms with E-state index in [1.807, 2.05) is 17.9 Å². The van der Waals surface area contributed by atoms with Gasteiger partial charge in [0.15, 0.2) is 0 Å². The number of nitrogens with zero attached hydrogens (tertiary/aromatic N) is 2. The molecule has 0 aromatic heterocycles. The van der Waals surface area contributed by atoms with Crippen LogP contribution < -0.4 is 10.6 Å². The summed E-state index contributed by atoms with van der Waals surface area (Å²) in [5.74, 6) is 0.173. The molecule has 1 aromatic rings. The summed E-state index contributed by atoms with van der Waals surface area (Å²) in [6.45, 7) is 9.11. The zero-order valence-corrected chi connectivity index (χ0v) is 12.0. The minimum atomic E-state index is -0.0852. The molecule has 0 saturated carbocycles. The number of carbonyl (C=O) groups excluding carboxylic acids is 1. The molecule has 4 nitrogen and oxygen atoms in total. The van der Waals surface area contributed by atoms with Crippen molar-refractivity contribution >= 4 is 11.6 Å².